The van der Waals surface area contributed by atoms with E-state index in [1.165, 1.54) is 13.1 Å². The lowest BCUT2D eigenvalue weighted by Crippen LogP contribution is -2.32. The van der Waals surface area contributed by atoms with Gasteiger partial charge in [-0.15, -0.1) is 0 Å². The molecular formula is C13H16ClNO4. The summed E-state index contributed by atoms with van der Waals surface area (Å²) in [5.74, 6) is -1.13. The zero-order chi connectivity index (χ0) is 14.6. The fourth-order valence-corrected chi connectivity index (χ4v) is 1.68. The van der Waals surface area contributed by atoms with Gasteiger partial charge in [-0.2, -0.15) is 0 Å². The minimum Gasteiger partial charge on any atom is -0.490 e. The maximum Gasteiger partial charge on any atom is 0.323 e. The minimum absolute atomic E-state index is 0.0995. The highest BCUT2D eigenvalue weighted by atomic mass is 35.5. The van der Waals surface area contributed by atoms with Crippen LogP contribution in [0.4, 0.5) is 0 Å². The van der Waals surface area contributed by atoms with Gasteiger partial charge in [0.2, 0.25) is 0 Å². The molecule has 1 rings (SSSR count). The van der Waals surface area contributed by atoms with E-state index in [2.05, 4.69) is 0 Å². The summed E-state index contributed by atoms with van der Waals surface area (Å²) >= 11 is 5.87. The van der Waals surface area contributed by atoms with Gasteiger partial charge in [-0.05, 0) is 32.0 Å². The monoisotopic (exact) mass is 285 g/mol. The zero-order valence-electron chi connectivity index (χ0n) is 11.0. The van der Waals surface area contributed by atoms with Crippen LogP contribution in [0.15, 0.2) is 18.2 Å². The van der Waals surface area contributed by atoms with E-state index in [1.807, 2.05) is 13.8 Å². The van der Waals surface area contributed by atoms with Crippen molar-refractivity contribution in [2.45, 2.75) is 20.0 Å². The number of hydrogen-bond acceptors (Lipinski definition) is 3. The molecular weight excluding hydrogens is 270 g/mol. The lowest BCUT2D eigenvalue weighted by atomic mass is 10.1. The molecule has 6 heteroatoms. The molecule has 1 aromatic rings. The summed E-state index contributed by atoms with van der Waals surface area (Å²) in [6.45, 7) is 3.29. The van der Waals surface area contributed by atoms with Crippen LogP contribution in [0.5, 0.6) is 5.75 Å². The summed E-state index contributed by atoms with van der Waals surface area (Å²) in [7, 11) is 1.41. The standard InChI is InChI=1S/C13H16ClNO4/c1-8(2)19-11-5-4-9(14)6-10(11)13(18)15(3)7-12(16)17/h4-6,8H,7H2,1-3H3,(H,16,17). The molecule has 0 aromatic heterocycles. The van der Waals surface area contributed by atoms with Crippen LogP contribution >= 0.6 is 11.6 Å². The van der Waals surface area contributed by atoms with Crippen molar-refractivity contribution in [3.8, 4) is 5.75 Å². The first-order chi connectivity index (χ1) is 8.81. The first kappa shape index (κ1) is 15.3. The second-order valence-corrected chi connectivity index (χ2v) is 4.80. The quantitative estimate of drug-likeness (QED) is 0.901. The molecule has 0 spiro atoms. The summed E-state index contributed by atoms with van der Waals surface area (Å²) in [6.07, 6.45) is -0.0995. The summed E-state index contributed by atoms with van der Waals surface area (Å²) in [5.41, 5.74) is 0.255. The molecule has 1 aromatic carbocycles. The van der Waals surface area contributed by atoms with E-state index in [9.17, 15) is 9.59 Å². The first-order valence-corrected chi connectivity index (χ1v) is 6.12. The number of carbonyl (C=O) groups is 2. The number of carboxylic acids is 1. The number of rotatable bonds is 5. The van der Waals surface area contributed by atoms with Crippen LogP contribution < -0.4 is 4.74 Å². The maximum absolute atomic E-state index is 12.2. The van der Waals surface area contributed by atoms with Crippen molar-refractivity contribution >= 4 is 23.5 Å². The van der Waals surface area contributed by atoms with Gasteiger partial charge in [0.25, 0.3) is 5.91 Å². The Labute approximate surface area is 116 Å². The van der Waals surface area contributed by atoms with Crippen LogP contribution in [-0.2, 0) is 4.79 Å². The highest BCUT2D eigenvalue weighted by molar-refractivity contribution is 6.31. The van der Waals surface area contributed by atoms with Crippen LogP contribution in [0, 0.1) is 0 Å². The van der Waals surface area contributed by atoms with Crippen molar-refractivity contribution in [2.75, 3.05) is 13.6 Å². The van der Waals surface area contributed by atoms with Gasteiger partial charge in [-0.1, -0.05) is 11.6 Å². The number of hydrogen-bond donors (Lipinski definition) is 1. The number of carboxylic acid groups (broad SMARTS) is 1. The second-order valence-electron chi connectivity index (χ2n) is 4.36. The summed E-state index contributed by atoms with van der Waals surface area (Å²) in [5, 5.41) is 9.09. The van der Waals surface area contributed by atoms with Gasteiger partial charge in [0.1, 0.15) is 12.3 Å². The van der Waals surface area contributed by atoms with Gasteiger partial charge >= 0.3 is 5.97 Å². The maximum atomic E-state index is 12.2. The fraction of sp³-hybridized carbons (Fsp3) is 0.385. The van der Waals surface area contributed by atoms with Crippen LogP contribution in [0.1, 0.15) is 24.2 Å². The number of aliphatic carboxylic acids is 1. The average Bonchev–Trinajstić information content (AvgIpc) is 2.29. The summed E-state index contributed by atoms with van der Waals surface area (Å²) in [4.78, 5) is 23.9. The number of amides is 1. The smallest absolute Gasteiger partial charge is 0.323 e. The lowest BCUT2D eigenvalue weighted by molar-refractivity contribution is -0.137. The van der Waals surface area contributed by atoms with Crippen molar-refractivity contribution in [3.05, 3.63) is 28.8 Å². The Balaban J connectivity index is 3.06. The Morgan fingerprint density at radius 3 is 2.58 bits per heavy atom. The van der Waals surface area contributed by atoms with Crippen molar-refractivity contribution in [1.82, 2.24) is 4.90 Å². The fourth-order valence-electron chi connectivity index (χ4n) is 1.51. The third-order valence-corrected chi connectivity index (χ3v) is 2.49. The Morgan fingerprint density at radius 2 is 2.05 bits per heavy atom. The molecule has 0 radical (unpaired) electrons. The Kier molecular flexibility index (Phi) is 5.18. The van der Waals surface area contributed by atoms with E-state index in [0.717, 1.165) is 4.90 Å². The number of halogens is 1. The van der Waals surface area contributed by atoms with Crippen LogP contribution in [-0.4, -0.2) is 41.6 Å². The normalized spacial score (nSPS) is 10.4. The van der Waals surface area contributed by atoms with Gasteiger partial charge in [0.15, 0.2) is 0 Å². The van der Waals surface area contributed by atoms with Gasteiger partial charge in [-0.25, -0.2) is 0 Å². The molecule has 0 aliphatic rings. The van der Waals surface area contributed by atoms with Crippen LogP contribution in [0.3, 0.4) is 0 Å². The predicted molar refractivity (Wildman–Crippen MR) is 71.8 cm³/mol. The lowest BCUT2D eigenvalue weighted by Gasteiger charge is -2.18. The molecule has 0 saturated heterocycles. The van der Waals surface area contributed by atoms with E-state index in [4.69, 9.17) is 21.4 Å². The third-order valence-electron chi connectivity index (χ3n) is 2.25. The zero-order valence-corrected chi connectivity index (χ0v) is 11.8. The average molecular weight is 286 g/mol. The SMILES string of the molecule is CC(C)Oc1ccc(Cl)cc1C(=O)N(C)CC(=O)O. The molecule has 0 aliphatic carbocycles. The van der Waals surface area contributed by atoms with Gasteiger partial charge < -0.3 is 14.7 Å². The Morgan fingerprint density at radius 1 is 1.42 bits per heavy atom. The minimum atomic E-state index is -1.08. The highest BCUT2D eigenvalue weighted by Crippen LogP contribution is 2.25. The highest BCUT2D eigenvalue weighted by Gasteiger charge is 2.19. The Hall–Kier alpha value is -1.75. The molecule has 0 fully saturated rings. The molecule has 0 bridgehead atoms. The molecule has 1 amide bonds. The summed E-state index contributed by atoms with van der Waals surface area (Å²) < 4.78 is 5.52. The molecule has 1 N–H and O–H groups in total. The Bertz CT molecular complexity index is 488. The van der Waals surface area contributed by atoms with E-state index < -0.39 is 11.9 Å². The van der Waals surface area contributed by atoms with Gasteiger partial charge in [0, 0.05) is 12.1 Å². The van der Waals surface area contributed by atoms with Crippen molar-refractivity contribution in [1.29, 1.82) is 0 Å². The molecule has 0 heterocycles. The number of nitrogens with zero attached hydrogens (tertiary/aromatic N) is 1. The molecule has 0 aliphatic heterocycles. The predicted octanol–water partition coefficient (Wildman–Crippen LogP) is 2.28. The molecule has 0 atom stereocenters. The molecule has 0 saturated carbocycles. The molecule has 19 heavy (non-hydrogen) atoms. The second kappa shape index (κ2) is 6.43. The van der Waals surface area contributed by atoms with Crippen LogP contribution in [0.2, 0.25) is 5.02 Å². The van der Waals surface area contributed by atoms with Crippen LogP contribution in [0.25, 0.3) is 0 Å². The third kappa shape index (κ3) is 4.44. The van der Waals surface area contributed by atoms with E-state index >= 15 is 0 Å². The van der Waals surface area contributed by atoms with Crippen molar-refractivity contribution in [2.24, 2.45) is 0 Å². The van der Waals surface area contributed by atoms with Gasteiger partial charge in [-0.3, -0.25) is 9.59 Å². The number of likely N-dealkylation sites (N-methyl/N-ethyl adjacent to an activating group) is 1. The topological polar surface area (TPSA) is 66.8 Å². The number of benzene rings is 1. The first-order valence-electron chi connectivity index (χ1n) is 5.74. The number of carbonyl (C=O) groups excluding carboxylic acids is 1. The van der Waals surface area contributed by atoms with Gasteiger partial charge in [0.05, 0.1) is 11.7 Å². The van der Waals surface area contributed by atoms with E-state index in [-0.39, 0.29) is 18.2 Å². The molecule has 5 nitrogen and oxygen atoms in total. The van der Waals surface area contributed by atoms with Crippen molar-refractivity contribution in [3.63, 3.8) is 0 Å². The molecule has 104 valence electrons. The van der Waals surface area contributed by atoms with E-state index in [1.54, 1.807) is 12.1 Å². The largest absolute Gasteiger partial charge is 0.490 e. The van der Waals surface area contributed by atoms with Crippen molar-refractivity contribution < 1.29 is 19.4 Å². The molecule has 0 unspecified atom stereocenters. The van der Waals surface area contributed by atoms with E-state index in [0.29, 0.717) is 10.8 Å². The summed E-state index contributed by atoms with van der Waals surface area (Å²) in [6, 6.07) is 4.69. The number of ether oxygens (including phenoxy) is 1.